The van der Waals surface area contributed by atoms with Gasteiger partial charge in [-0.05, 0) is 13.8 Å². The van der Waals surface area contributed by atoms with Crippen LogP contribution in [0.3, 0.4) is 0 Å². The zero-order valence-electron chi connectivity index (χ0n) is 11.0. The molecule has 0 aliphatic carbocycles. The first-order valence-electron chi connectivity index (χ1n) is 6.02. The Kier molecular flexibility index (Phi) is 3.78. The number of hydrogen-bond donors (Lipinski definition) is 0. The molecular formula is C13H13F2N3O2. The SMILES string of the molecule is CC(C)n1cc(C(F)F)c(-c2cccc([N+](=O)[O-])c2)n1. The van der Waals surface area contributed by atoms with E-state index >= 15 is 0 Å². The van der Waals surface area contributed by atoms with Crippen molar-refractivity contribution in [1.82, 2.24) is 9.78 Å². The monoisotopic (exact) mass is 281 g/mol. The van der Waals surface area contributed by atoms with E-state index in [1.165, 1.54) is 35.1 Å². The Morgan fingerprint density at radius 1 is 1.35 bits per heavy atom. The van der Waals surface area contributed by atoms with Gasteiger partial charge in [0.1, 0.15) is 5.69 Å². The van der Waals surface area contributed by atoms with Gasteiger partial charge in [0.15, 0.2) is 0 Å². The van der Waals surface area contributed by atoms with Crippen molar-refractivity contribution in [3.63, 3.8) is 0 Å². The maximum atomic E-state index is 13.1. The molecule has 0 N–H and O–H groups in total. The topological polar surface area (TPSA) is 61.0 Å². The van der Waals surface area contributed by atoms with E-state index in [4.69, 9.17) is 0 Å². The number of aromatic nitrogens is 2. The summed E-state index contributed by atoms with van der Waals surface area (Å²) in [6.07, 6.45) is -1.40. The Morgan fingerprint density at radius 2 is 2.05 bits per heavy atom. The molecule has 5 nitrogen and oxygen atoms in total. The van der Waals surface area contributed by atoms with Crippen LogP contribution in [-0.2, 0) is 0 Å². The molecule has 0 saturated carbocycles. The molecule has 106 valence electrons. The highest BCUT2D eigenvalue weighted by Crippen LogP contribution is 2.32. The summed E-state index contributed by atoms with van der Waals surface area (Å²) < 4.78 is 27.5. The number of rotatable bonds is 4. The highest BCUT2D eigenvalue weighted by Gasteiger charge is 2.21. The van der Waals surface area contributed by atoms with E-state index in [9.17, 15) is 18.9 Å². The number of nitro groups is 1. The van der Waals surface area contributed by atoms with Crippen LogP contribution in [-0.4, -0.2) is 14.7 Å². The zero-order valence-corrected chi connectivity index (χ0v) is 11.0. The molecule has 0 unspecified atom stereocenters. The third-order valence-electron chi connectivity index (χ3n) is 2.85. The summed E-state index contributed by atoms with van der Waals surface area (Å²) in [5.41, 5.74) is 0.0207. The third-order valence-corrected chi connectivity index (χ3v) is 2.85. The van der Waals surface area contributed by atoms with Gasteiger partial charge in [-0.15, -0.1) is 0 Å². The summed E-state index contributed by atoms with van der Waals surface area (Å²) in [6, 6.07) is 5.48. The van der Waals surface area contributed by atoms with E-state index in [1.54, 1.807) is 0 Å². The van der Waals surface area contributed by atoms with Crippen LogP contribution < -0.4 is 0 Å². The minimum Gasteiger partial charge on any atom is -0.269 e. The molecule has 0 fully saturated rings. The van der Waals surface area contributed by atoms with Crippen LogP contribution in [0.25, 0.3) is 11.3 Å². The highest BCUT2D eigenvalue weighted by molar-refractivity contribution is 5.65. The standard InChI is InChI=1S/C13H13F2N3O2/c1-8(2)17-7-11(13(14)15)12(16-17)9-4-3-5-10(6-9)18(19)20/h3-8,13H,1-2H3. The number of benzene rings is 1. The summed E-state index contributed by atoms with van der Waals surface area (Å²) in [5.74, 6) is 0. The van der Waals surface area contributed by atoms with Crippen LogP contribution in [0.1, 0.15) is 31.9 Å². The molecule has 0 saturated heterocycles. The number of nitro benzene ring substituents is 1. The fourth-order valence-corrected chi connectivity index (χ4v) is 1.82. The van der Waals surface area contributed by atoms with E-state index < -0.39 is 11.3 Å². The highest BCUT2D eigenvalue weighted by atomic mass is 19.3. The molecule has 7 heteroatoms. The first kappa shape index (κ1) is 14.1. The molecule has 2 aromatic rings. The van der Waals surface area contributed by atoms with Crippen LogP contribution in [0.4, 0.5) is 14.5 Å². The predicted octanol–water partition coefficient (Wildman–Crippen LogP) is 3.98. The van der Waals surface area contributed by atoms with Gasteiger partial charge < -0.3 is 0 Å². The predicted molar refractivity (Wildman–Crippen MR) is 69.7 cm³/mol. The third kappa shape index (κ3) is 2.66. The number of nitrogens with zero attached hydrogens (tertiary/aromatic N) is 3. The van der Waals surface area contributed by atoms with E-state index in [0.29, 0.717) is 5.56 Å². The second-order valence-electron chi connectivity index (χ2n) is 4.61. The van der Waals surface area contributed by atoms with Gasteiger partial charge in [0.25, 0.3) is 12.1 Å². The summed E-state index contributed by atoms with van der Waals surface area (Å²) in [7, 11) is 0. The van der Waals surface area contributed by atoms with Gasteiger partial charge in [-0.1, -0.05) is 12.1 Å². The van der Waals surface area contributed by atoms with Gasteiger partial charge in [-0.3, -0.25) is 14.8 Å². The minimum absolute atomic E-state index is 0.0695. The van der Waals surface area contributed by atoms with Crippen LogP contribution in [0.5, 0.6) is 0 Å². The average molecular weight is 281 g/mol. The van der Waals surface area contributed by atoms with Gasteiger partial charge in [0, 0.05) is 29.9 Å². The molecule has 0 aliphatic heterocycles. The summed E-state index contributed by atoms with van der Waals surface area (Å²) >= 11 is 0. The van der Waals surface area contributed by atoms with E-state index in [2.05, 4.69) is 5.10 Å². The summed E-state index contributed by atoms with van der Waals surface area (Å²) in [6.45, 7) is 3.64. The van der Waals surface area contributed by atoms with E-state index in [0.717, 1.165) is 0 Å². The zero-order chi connectivity index (χ0) is 14.9. The fraction of sp³-hybridized carbons (Fsp3) is 0.308. The molecule has 1 aromatic carbocycles. The number of halogens is 2. The quantitative estimate of drug-likeness (QED) is 0.629. The molecular weight excluding hydrogens is 268 g/mol. The lowest BCUT2D eigenvalue weighted by molar-refractivity contribution is -0.384. The Hall–Kier alpha value is -2.31. The van der Waals surface area contributed by atoms with Gasteiger partial charge in [0.05, 0.1) is 10.5 Å². The normalized spacial score (nSPS) is 11.3. The van der Waals surface area contributed by atoms with Crippen LogP contribution >= 0.6 is 0 Å². The molecule has 0 radical (unpaired) electrons. The lowest BCUT2D eigenvalue weighted by Gasteiger charge is -2.03. The van der Waals surface area contributed by atoms with Crippen LogP contribution in [0.2, 0.25) is 0 Å². The molecule has 0 spiro atoms. The molecule has 0 aliphatic rings. The lowest BCUT2D eigenvalue weighted by Crippen LogP contribution is -2.00. The van der Waals surface area contributed by atoms with Crippen molar-refractivity contribution in [2.45, 2.75) is 26.3 Å². The van der Waals surface area contributed by atoms with E-state index in [1.807, 2.05) is 13.8 Å². The second-order valence-corrected chi connectivity index (χ2v) is 4.61. The van der Waals surface area contributed by atoms with Crippen LogP contribution in [0, 0.1) is 10.1 Å². The minimum atomic E-state index is -2.68. The van der Waals surface area contributed by atoms with Crippen LogP contribution in [0.15, 0.2) is 30.5 Å². The van der Waals surface area contributed by atoms with Gasteiger partial charge in [-0.25, -0.2) is 8.78 Å². The molecule has 2 rings (SSSR count). The number of hydrogen-bond acceptors (Lipinski definition) is 3. The number of alkyl halides is 2. The number of non-ortho nitro benzene ring substituents is 1. The van der Waals surface area contributed by atoms with Crippen molar-refractivity contribution in [2.24, 2.45) is 0 Å². The molecule has 1 heterocycles. The van der Waals surface area contributed by atoms with Crippen molar-refractivity contribution in [2.75, 3.05) is 0 Å². The second kappa shape index (κ2) is 5.36. The van der Waals surface area contributed by atoms with Crippen molar-refractivity contribution >= 4 is 5.69 Å². The molecule has 0 bridgehead atoms. The maximum Gasteiger partial charge on any atom is 0.270 e. The molecule has 0 amide bonds. The van der Waals surface area contributed by atoms with Crippen molar-refractivity contribution < 1.29 is 13.7 Å². The summed E-state index contributed by atoms with van der Waals surface area (Å²) in [5, 5.41) is 14.9. The Bertz CT molecular complexity index is 638. The smallest absolute Gasteiger partial charge is 0.269 e. The Balaban J connectivity index is 2.56. The average Bonchev–Trinajstić information content (AvgIpc) is 2.84. The van der Waals surface area contributed by atoms with Crippen molar-refractivity contribution in [1.29, 1.82) is 0 Å². The molecule has 20 heavy (non-hydrogen) atoms. The fourth-order valence-electron chi connectivity index (χ4n) is 1.82. The van der Waals surface area contributed by atoms with Gasteiger partial charge in [0.2, 0.25) is 0 Å². The first-order valence-corrected chi connectivity index (χ1v) is 6.02. The van der Waals surface area contributed by atoms with Crippen molar-refractivity contribution in [3.05, 3.63) is 46.1 Å². The van der Waals surface area contributed by atoms with Gasteiger partial charge in [-0.2, -0.15) is 5.10 Å². The Morgan fingerprint density at radius 3 is 2.60 bits per heavy atom. The van der Waals surface area contributed by atoms with Gasteiger partial charge >= 0.3 is 0 Å². The molecule has 1 aromatic heterocycles. The Labute approximate surface area is 114 Å². The maximum absolute atomic E-state index is 13.1. The summed E-state index contributed by atoms with van der Waals surface area (Å²) in [4.78, 5) is 10.2. The molecule has 0 atom stereocenters. The largest absolute Gasteiger partial charge is 0.270 e. The first-order chi connectivity index (χ1) is 9.40. The lowest BCUT2D eigenvalue weighted by atomic mass is 10.1. The van der Waals surface area contributed by atoms with E-state index in [-0.39, 0.29) is 23.0 Å². The van der Waals surface area contributed by atoms with Crippen molar-refractivity contribution in [3.8, 4) is 11.3 Å².